The molecule has 3 fully saturated rings. The van der Waals surface area contributed by atoms with Gasteiger partial charge in [0.15, 0.2) is 0 Å². The quantitative estimate of drug-likeness (QED) is 0.330. The first-order chi connectivity index (χ1) is 22.1. The first kappa shape index (κ1) is 31.9. The van der Waals surface area contributed by atoms with Crippen LogP contribution in [0.25, 0.3) is 10.8 Å². The Labute approximate surface area is 268 Å². The van der Waals surface area contributed by atoms with Crippen molar-refractivity contribution >= 4 is 49.8 Å². The van der Waals surface area contributed by atoms with Crippen molar-refractivity contribution in [2.24, 2.45) is 5.92 Å². The number of aromatic nitrogens is 3. The molecule has 3 aliphatic rings. The van der Waals surface area contributed by atoms with Crippen LogP contribution in [-0.2, 0) is 24.1 Å². The van der Waals surface area contributed by atoms with Crippen molar-refractivity contribution in [3.8, 4) is 11.8 Å². The van der Waals surface area contributed by atoms with Gasteiger partial charge in [0.1, 0.15) is 27.6 Å². The number of piperidine rings is 1. The number of rotatable bonds is 9. The summed E-state index contributed by atoms with van der Waals surface area (Å²) in [5, 5.41) is 8.11. The molecule has 6 rings (SSSR count). The molecule has 5 heterocycles. The second-order valence-electron chi connectivity index (χ2n) is 12.1. The molecule has 1 aromatic carbocycles. The predicted molar refractivity (Wildman–Crippen MR) is 174 cm³/mol. The second-order valence-corrected chi connectivity index (χ2v) is 14.3. The number of carbonyl (C=O) groups excluding carboxylic acids is 1. The topological polar surface area (TPSA) is 139 Å². The Hall–Kier alpha value is -4.06. The fourth-order valence-corrected chi connectivity index (χ4v) is 7.63. The number of benzene rings is 1. The van der Waals surface area contributed by atoms with E-state index in [0.717, 1.165) is 22.0 Å². The highest BCUT2D eigenvalue weighted by Gasteiger charge is 2.35. The van der Waals surface area contributed by atoms with Crippen LogP contribution in [-0.4, -0.2) is 106 Å². The summed E-state index contributed by atoms with van der Waals surface area (Å²) < 4.78 is 49.3. The number of alkyl halides is 1. The minimum Gasteiger partial charge on any atom is -0.379 e. The minimum absolute atomic E-state index is 0.0704. The fourth-order valence-electron chi connectivity index (χ4n) is 6.57. The highest BCUT2D eigenvalue weighted by molar-refractivity contribution is 7.90. The van der Waals surface area contributed by atoms with Crippen molar-refractivity contribution in [3.63, 3.8) is 0 Å². The molecule has 12 nitrogen and oxygen atoms in total. The van der Waals surface area contributed by atoms with Crippen LogP contribution in [0.15, 0.2) is 36.7 Å². The van der Waals surface area contributed by atoms with E-state index in [1.54, 1.807) is 25.4 Å². The summed E-state index contributed by atoms with van der Waals surface area (Å²) in [6, 6.07) is 7.51. The third-order valence-electron chi connectivity index (χ3n) is 8.75. The number of pyridine rings is 1. The van der Waals surface area contributed by atoms with E-state index in [-0.39, 0.29) is 36.1 Å². The Balaban J connectivity index is 1.30. The molecule has 3 aliphatic heterocycles. The molecule has 244 valence electrons. The van der Waals surface area contributed by atoms with E-state index < -0.39 is 22.1 Å². The van der Waals surface area contributed by atoms with Crippen molar-refractivity contribution in [3.05, 3.63) is 42.2 Å². The predicted octanol–water partition coefficient (Wildman–Crippen LogP) is 2.43. The average molecular weight is 652 g/mol. The summed E-state index contributed by atoms with van der Waals surface area (Å²) in [5.41, 5.74) is 1.95. The van der Waals surface area contributed by atoms with Crippen molar-refractivity contribution in [1.29, 1.82) is 0 Å². The van der Waals surface area contributed by atoms with Crippen LogP contribution in [0, 0.1) is 17.8 Å². The van der Waals surface area contributed by atoms with Gasteiger partial charge in [0.05, 0.1) is 37.7 Å². The van der Waals surface area contributed by atoms with Crippen LogP contribution in [0.4, 0.5) is 27.7 Å². The molecule has 0 saturated carbocycles. The number of ether oxygens (including phenoxy) is 2. The summed E-state index contributed by atoms with van der Waals surface area (Å²) in [4.78, 5) is 30.1. The maximum Gasteiger partial charge on any atom is 0.296 e. The summed E-state index contributed by atoms with van der Waals surface area (Å²) in [7, 11) is -1.54. The molecular weight excluding hydrogens is 613 g/mol. The molecular formula is C32H38FN7O5S. The smallest absolute Gasteiger partial charge is 0.296 e. The van der Waals surface area contributed by atoms with Crippen LogP contribution in [0.3, 0.4) is 0 Å². The zero-order valence-corrected chi connectivity index (χ0v) is 26.9. The van der Waals surface area contributed by atoms with E-state index in [1.165, 1.54) is 13.4 Å². The lowest BCUT2D eigenvalue weighted by molar-refractivity contribution is -0.116. The number of amides is 1. The van der Waals surface area contributed by atoms with E-state index in [1.807, 2.05) is 17.0 Å². The largest absolute Gasteiger partial charge is 0.379 e. The van der Waals surface area contributed by atoms with Crippen LogP contribution >= 0.6 is 0 Å². The number of halogens is 1. The number of anilines is 4. The van der Waals surface area contributed by atoms with Gasteiger partial charge in [-0.2, -0.15) is 4.98 Å². The number of methoxy groups -OCH3 is 1. The van der Waals surface area contributed by atoms with E-state index in [9.17, 15) is 17.6 Å². The van der Waals surface area contributed by atoms with E-state index in [0.29, 0.717) is 56.9 Å². The first-order valence-electron chi connectivity index (χ1n) is 15.3. The van der Waals surface area contributed by atoms with Crippen molar-refractivity contribution in [2.75, 3.05) is 73.6 Å². The van der Waals surface area contributed by atoms with E-state index in [2.05, 4.69) is 43.4 Å². The average Bonchev–Trinajstić information content (AvgIpc) is 3.45. The van der Waals surface area contributed by atoms with Crippen LogP contribution in [0.1, 0.15) is 24.8 Å². The van der Waals surface area contributed by atoms with Crippen LogP contribution in [0.2, 0.25) is 0 Å². The van der Waals surface area contributed by atoms with Gasteiger partial charge in [-0.05, 0) is 48.4 Å². The minimum atomic E-state index is -3.07. The summed E-state index contributed by atoms with van der Waals surface area (Å²) in [6.07, 6.45) is 3.67. The van der Waals surface area contributed by atoms with Gasteiger partial charge in [-0.25, -0.2) is 22.8 Å². The van der Waals surface area contributed by atoms with Gasteiger partial charge in [-0.1, -0.05) is 12.0 Å². The number of fused-ring (bicyclic) bond motifs is 1. The SMILES string of the molecule is CC#CC(=O)N[C@@H]1COC[C@@H]1c1ccc(N2CC(CS(C)(=O)=O)C2)c2cnc(Nc3ccnc(N4CC[C@@H](OC)[C@@H](F)C4)n3)cc12. The van der Waals surface area contributed by atoms with Crippen molar-refractivity contribution in [2.45, 2.75) is 37.6 Å². The number of nitrogens with one attached hydrogen (secondary N) is 2. The van der Waals surface area contributed by atoms with Gasteiger partial charge in [0.2, 0.25) is 5.95 Å². The maximum absolute atomic E-state index is 14.6. The lowest BCUT2D eigenvalue weighted by Gasteiger charge is -2.41. The van der Waals surface area contributed by atoms with Gasteiger partial charge in [-0.15, -0.1) is 0 Å². The number of hydrogen-bond acceptors (Lipinski definition) is 11. The molecule has 0 aliphatic carbocycles. The summed E-state index contributed by atoms with van der Waals surface area (Å²) >= 11 is 0. The molecule has 0 radical (unpaired) electrons. The molecule has 0 bridgehead atoms. The highest BCUT2D eigenvalue weighted by atomic mass is 32.2. The Morgan fingerprint density at radius 1 is 1.13 bits per heavy atom. The third-order valence-corrected chi connectivity index (χ3v) is 9.83. The second kappa shape index (κ2) is 13.4. The normalized spacial score (nSPS) is 23.5. The summed E-state index contributed by atoms with van der Waals surface area (Å²) in [6.45, 7) is 4.40. The van der Waals surface area contributed by atoms with Crippen molar-refractivity contribution < 1.29 is 27.1 Å². The zero-order chi connectivity index (χ0) is 32.4. The highest BCUT2D eigenvalue weighted by Crippen LogP contribution is 2.39. The molecule has 1 amide bonds. The third kappa shape index (κ3) is 7.01. The van der Waals surface area contributed by atoms with Gasteiger partial charge >= 0.3 is 0 Å². The number of carbonyl (C=O) groups is 1. The van der Waals surface area contributed by atoms with E-state index >= 15 is 0 Å². The Morgan fingerprint density at radius 3 is 2.70 bits per heavy atom. The molecule has 2 N–H and O–H groups in total. The fraction of sp³-hybridized carbons (Fsp3) is 0.500. The molecule has 2 aromatic heterocycles. The molecule has 0 unspecified atom stereocenters. The lowest BCUT2D eigenvalue weighted by atomic mass is 9.89. The molecule has 0 spiro atoms. The van der Waals surface area contributed by atoms with Crippen molar-refractivity contribution in [1.82, 2.24) is 20.3 Å². The first-order valence-corrected chi connectivity index (χ1v) is 17.4. The summed E-state index contributed by atoms with van der Waals surface area (Å²) in [5.74, 6) is 6.41. The van der Waals surface area contributed by atoms with Gasteiger partial charge in [0.25, 0.3) is 5.91 Å². The van der Waals surface area contributed by atoms with Crippen LogP contribution in [0.5, 0.6) is 0 Å². The van der Waals surface area contributed by atoms with Gasteiger partial charge < -0.3 is 29.9 Å². The molecule has 3 saturated heterocycles. The molecule has 3 aromatic rings. The Bertz CT molecular complexity index is 1780. The zero-order valence-electron chi connectivity index (χ0n) is 26.1. The van der Waals surface area contributed by atoms with E-state index in [4.69, 9.17) is 14.5 Å². The Morgan fingerprint density at radius 2 is 1.96 bits per heavy atom. The lowest BCUT2D eigenvalue weighted by Crippen LogP contribution is -2.49. The number of hydrogen-bond donors (Lipinski definition) is 2. The van der Waals surface area contributed by atoms with Gasteiger partial charge in [-0.3, -0.25) is 4.79 Å². The van der Waals surface area contributed by atoms with Crippen LogP contribution < -0.4 is 20.4 Å². The molecule has 46 heavy (non-hydrogen) atoms. The maximum atomic E-state index is 14.6. The molecule has 4 atom stereocenters. The number of sulfone groups is 1. The Kier molecular flexibility index (Phi) is 9.26. The molecule has 14 heteroatoms. The standard InChI is InChI=1S/C32H38FN7O5S/c1-4-5-31(41)36-26-18-45-17-24(26)21-6-7-27(40-14-20(15-40)19-46(3,42)43)23-13-35-30(12-22(21)23)37-29-8-10-34-32(38-29)39-11-9-28(44-2)25(33)16-39/h6-8,10,12-13,20,24-26,28H,9,11,14-19H2,1-3H3,(H,36,41)(H,34,35,37,38)/t24-,25+,26-,28-/m1/s1. The monoisotopic (exact) mass is 651 g/mol. The van der Waals surface area contributed by atoms with Gasteiger partial charge in [0, 0.05) is 68.3 Å². The number of nitrogens with zero attached hydrogens (tertiary/aromatic N) is 5.